The van der Waals surface area contributed by atoms with Crippen LogP contribution in [0.25, 0.3) is 0 Å². The minimum Gasteiger partial charge on any atom is -0.493 e. The molecule has 0 spiro atoms. The van der Waals surface area contributed by atoms with Gasteiger partial charge in [0.1, 0.15) is 12.4 Å². The average molecular weight is 265 g/mol. The van der Waals surface area contributed by atoms with Crippen molar-refractivity contribution in [2.75, 3.05) is 19.8 Å². The molecule has 19 heavy (non-hydrogen) atoms. The Morgan fingerprint density at radius 3 is 2.79 bits per heavy atom. The molecule has 0 saturated carbocycles. The highest BCUT2D eigenvalue weighted by Crippen LogP contribution is 2.15. The molecule has 0 N–H and O–H groups in total. The molecule has 1 aromatic rings. The van der Waals surface area contributed by atoms with E-state index in [-0.39, 0.29) is 19.0 Å². The van der Waals surface area contributed by atoms with Gasteiger partial charge in [0.25, 0.3) is 0 Å². The van der Waals surface area contributed by atoms with Crippen molar-refractivity contribution in [3.8, 4) is 5.75 Å². The van der Waals surface area contributed by atoms with E-state index in [2.05, 4.69) is 5.16 Å². The van der Waals surface area contributed by atoms with Gasteiger partial charge in [-0.1, -0.05) is 17.3 Å². The smallest absolute Gasteiger partial charge is 0.309 e. The first-order valence-electron chi connectivity index (χ1n) is 6.30. The molecule has 0 radical (unpaired) electrons. The van der Waals surface area contributed by atoms with E-state index in [1.807, 2.05) is 31.2 Å². The summed E-state index contributed by atoms with van der Waals surface area (Å²) in [4.78, 5) is 16.0. The molecule has 104 valence electrons. The van der Waals surface area contributed by atoms with Gasteiger partial charge in [-0.3, -0.25) is 4.79 Å². The van der Waals surface area contributed by atoms with Gasteiger partial charge in [-0.05, 0) is 26.0 Å². The fourth-order valence-corrected chi connectivity index (χ4v) is 1.38. The Kier molecular flexibility index (Phi) is 7.09. The van der Waals surface area contributed by atoms with E-state index in [1.54, 1.807) is 13.1 Å². The number of hydrogen-bond acceptors (Lipinski definition) is 5. The maximum Gasteiger partial charge on any atom is 0.309 e. The van der Waals surface area contributed by atoms with Crippen molar-refractivity contribution < 1.29 is 19.1 Å². The zero-order valence-corrected chi connectivity index (χ0v) is 11.3. The molecule has 0 bridgehead atoms. The van der Waals surface area contributed by atoms with Gasteiger partial charge in [0.2, 0.25) is 0 Å². The van der Waals surface area contributed by atoms with Gasteiger partial charge in [-0.2, -0.15) is 0 Å². The van der Waals surface area contributed by atoms with Crippen molar-refractivity contribution >= 4 is 12.2 Å². The molecular weight excluding hydrogens is 246 g/mol. The van der Waals surface area contributed by atoms with E-state index < -0.39 is 0 Å². The van der Waals surface area contributed by atoms with Crippen molar-refractivity contribution in [1.82, 2.24) is 0 Å². The number of oxime groups is 1. The van der Waals surface area contributed by atoms with Crippen LogP contribution >= 0.6 is 0 Å². The van der Waals surface area contributed by atoms with Crippen LogP contribution in [0.4, 0.5) is 0 Å². The van der Waals surface area contributed by atoms with Crippen molar-refractivity contribution in [3.63, 3.8) is 0 Å². The van der Waals surface area contributed by atoms with Gasteiger partial charge in [0.05, 0.1) is 25.8 Å². The zero-order chi connectivity index (χ0) is 13.9. The molecule has 0 saturated heterocycles. The number of nitrogens with zero attached hydrogens (tertiary/aromatic N) is 1. The lowest BCUT2D eigenvalue weighted by atomic mass is 10.2. The molecule has 0 amide bonds. The number of hydrogen-bond donors (Lipinski definition) is 0. The normalized spacial score (nSPS) is 10.4. The molecular formula is C14H19NO4. The van der Waals surface area contributed by atoms with Crippen molar-refractivity contribution in [2.24, 2.45) is 5.16 Å². The van der Waals surface area contributed by atoms with Crippen LogP contribution in [-0.2, 0) is 14.4 Å². The second-order valence-corrected chi connectivity index (χ2v) is 3.59. The van der Waals surface area contributed by atoms with E-state index in [9.17, 15) is 4.79 Å². The van der Waals surface area contributed by atoms with Crippen LogP contribution in [0.3, 0.4) is 0 Å². The van der Waals surface area contributed by atoms with Crippen LogP contribution in [0, 0.1) is 0 Å². The lowest BCUT2D eigenvalue weighted by Gasteiger charge is -2.05. The second-order valence-electron chi connectivity index (χ2n) is 3.59. The van der Waals surface area contributed by atoms with Crippen LogP contribution in [-0.4, -0.2) is 32.0 Å². The number of rotatable bonds is 8. The highest BCUT2D eigenvalue weighted by molar-refractivity contribution is 5.83. The van der Waals surface area contributed by atoms with Gasteiger partial charge < -0.3 is 14.3 Å². The van der Waals surface area contributed by atoms with Crippen molar-refractivity contribution in [1.29, 1.82) is 0 Å². The topological polar surface area (TPSA) is 57.1 Å². The fourth-order valence-electron chi connectivity index (χ4n) is 1.38. The summed E-state index contributed by atoms with van der Waals surface area (Å²) in [6.07, 6.45) is 1.76. The summed E-state index contributed by atoms with van der Waals surface area (Å²) in [5.41, 5.74) is 0.834. The number of ether oxygens (including phenoxy) is 2. The number of para-hydroxylation sites is 1. The Bertz CT molecular complexity index is 418. The molecule has 0 unspecified atom stereocenters. The van der Waals surface area contributed by atoms with Gasteiger partial charge in [0.15, 0.2) is 0 Å². The van der Waals surface area contributed by atoms with Gasteiger partial charge in [-0.15, -0.1) is 0 Å². The molecule has 0 heterocycles. The third kappa shape index (κ3) is 5.90. The first-order chi connectivity index (χ1) is 9.27. The first kappa shape index (κ1) is 15.0. The Hall–Kier alpha value is -2.04. The second kappa shape index (κ2) is 8.97. The Morgan fingerprint density at radius 1 is 1.26 bits per heavy atom. The number of benzene rings is 1. The zero-order valence-electron chi connectivity index (χ0n) is 11.3. The Balaban J connectivity index is 2.38. The molecule has 0 aromatic heterocycles. The third-order valence-electron chi connectivity index (χ3n) is 2.19. The summed E-state index contributed by atoms with van der Waals surface area (Å²) >= 11 is 0. The van der Waals surface area contributed by atoms with E-state index in [0.29, 0.717) is 13.2 Å². The Morgan fingerprint density at radius 2 is 2.05 bits per heavy atom. The standard InChI is InChI=1S/C14H19NO4/c1-3-17-13-8-6-5-7-12(13)11-15-19-10-9-14(16)18-4-2/h5-8,11H,3-4,9-10H2,1-2H3/b15-11+. The van der Waals surface area contributed by atoms with Crippen LogP contribution in [0.5, 0.6) is 5.75 Å². The maximum atomic E-state index is 11.0. The van der Waals surface area contributed by atoms with Crippen LogP contribution in [0.1, 0.15) is 25.8 Å². The predicted octanol–water partition coefficient (Wildman–Crippen LogP) is 2.39. The summed E-state index contributed by atoms with van der Waals surface area (Å²) in [6, 6.07) is 7.53. The number of carbonyl (C=O) groups excluding carboxylic acids is 1. The average Bonchev–Trinajstić information content (AvgIpc) is 2.41. The van der Waals surface area contributed by atoms with Gasteiger partial charge in [-0.25, -0.2) is 0 Å². The van der Waals surface area contributed by atoms with E-state index in [1.165, 1.54) is 0 Å². The van der Waals surface area contributed by atoms with Crippen LogP contribution < -0.4 is 4.74 Å². The number of carbonyl (C=O) groups is 1. The summed E-state index contributed by atoms with van der Waals surface area (Å²) in [7, 11) is 0. The molecule has 5 nitrogen and oxygen atoms in total. The van der Waals surface area contributed by atoms with Gasteiger partial charge >= 0.3 is 5.97 Å². The van der Waals surface area contributed by atoms with E-state index in [4.69, 9.17) is 14.3 Å². The molecule has 5 heteroatoms. The molecule has 0 aliphatic heterocycles. The molecule has 1 aromatic carbocycles. The highest BCUT2D eigenvalue weighted by atomic mass is 16.6. The molecule has 0 fully saturated rings. The number of esters is 1. The summed E-state index contributed by atoms with van der Waals surface area (Å²) in [6.45, 7) is 4.86. The van der Waals surface area contributed by atoms with Crippen LogP contribution in [0.2, 0.25) is 0 Å². The summed E-state index contributed by atoms with van der Waals surface area (Å²) in [5, 5.41) is 3.80. The molecule has 0 aliphatic carbocycles. The minimum absolute atomic E-state index is 0.193. The predicted molar refractivity (Wildman–Crippen MR) is 72.4 cm³/mol. The third-order valence-corrected chi connectivity index (χ3v) is 2.19. The Labute approximate surface area is 113 Å². The van der Waals surface area contributed by atoms with Crippen molar-refractivity contribution in [2.45, 2.75) is 20.3 Å². The summed E-state index contributed by atoms with van der Waals surface area (Å²) in [5.74, 6) is 0.468. The van der Waals surface area contributed by atoms with Gasteiger partial charge in [0, 0.05) is 5.56 Å². The molecule has 0 aliphatic rings. The molecule has 1 rings (SSSR count). The van der Waals surface area contributed by atoms with Crippen LogP contribution in [0.15, 0.2) is 29.4 Å². The minimum atomic E-state index is -0.285. The monoisotopic (exact) mass is 265 g/mol. The van der Waals surface area contributed by atoms with E-state index >= 15 is 0 Å². The molecule has 0 atom stereocenters. The van der Waals surface area contributed by atoms with Crippen molar-refractivity contribution in [3.05, 3.63) is 29.8 Å². The van der Waals surface area contributed by atoms with E-state index in [0.717, 1.165) is 11.3 Å². The lowest BCUT2D eigenvalue weighted by Crippen LogP contribution is -2.06. The fraction of sp³-hybridized carbons (Fsp3) is 0.429. The SMILES string of the molecule is CCOC(=O)CCO/N=C/c1ccccc1OCC. The first-order valence-corrected chi connectivity index (χ1v) is 6.30. The maximum absolute atomic E-state index is 11.0. The lowest BCUT2D eigenvalue weighted by molar-refractivity contribution is -0.144. The quantitative estimate of drug-likeness (QED) is 0.313. The highest BCUT2D eigenvalue weighted by Gasteiger charge is 2.01. The summed E-state index contributed by atoms with van der Waals surface area (Å²) < 4.78 is 10.2. The largest absolute Gasteiger partial charge is 0.493 e.